The zero-order chi connectivity index (χ0) is 12.5. The lowest BCUT2D eigenvalue weighted by molar-refractivity contribution is 0.264. The summed E-state index contributed by atoms with van der Waals surface area (Å²) < 4.78 is 0. The van der Waals surface area contributed by atoms with Crippen molar-refractivity contribution in [3.63, 3.8) is 0 Å². The van der Waals surface area contributed by atoms with Crippen LogP contribution < -0.4 is 5.32 Å². The summed E-state index contributed by atoms with van der Waals surface area (Å²) in [5, 5.41) is 11.1. The Balaban J connectivity index is 1.87. The number of H-pyrrole nitrogens is 1. The summed E-state index contributed by atoms with van der Waals surface area (Å²) in [6, 6.07) is 3.30. The summed E-state index contributed by atoms with van der Waals surface area (Å²) in [6.45, 7) is 9.07. The zero-order valence-electron chi connectivity index (χ0n) is 11.5. The second-order valence-corrected chi connectivity index (χ2v) is 6.25. The molecule has 0 aromatic carbocycles. The van der Waals surface area contributed by atoms with E-state index in [1.807, 2.05) is 0 Å². The van der Waals surface area contributed by atoms with Gasteiger partial charge in [0.25, 0.3) is 0 Å². The predicted molar refractivity (Wildman–Crippen MR) is 71.0 cm³/mol. The van der Waals surface area contributed by atoms with Crippen molar-refractivity contribution in [2.45, 2.75) is 65.5 Å². The van der Waals surface area contributed by atoms with E-state index in [9.17, 15) is 0 Å². The SMILES string of the molecule is Cc1cc(CC(C)NC2CCCC2(C)C)n[nH]1. The minimum Gasteiger partial charge on any atom is -0.311 e. The molecule has 1 heterocycles. The van der Waals surface area contributed by atoms with Gasteiger partial charge in [-0.2, -0.15) is 5.10 Å². The Morgan fingerprint density at radius 2 is 2.35 bits per heavy atom. The number of hydrogen-bond acceptors (Lipinski definition) is 2. The molecule has 2 atom stereocenters. The van der Waals surface area contributed by atoms with Gasteiger partial charge in [-0.05, 0) is 38.2 Å². The Labute approximate surface area is 104 Å². The molecule has 0 amide bonds. The molecule has 2 rings (SSSR count). The fourth-order valence-corrected chi connectivity index (χ4v) is 2.93. The number of aromatic nitrogens is 2. The maximum atomic E-state index is 4.30. The van der Waals surface area contributed by atoms with Crippen molar-refractivity contribution in [2.24, 2.45) is 5.41 Å². The molecule has 1 aliphatic rings. The van der Waals surface area contributed by atoms with Gasteiger partial charge in [-0.3, -0.25) is 5.10 Å². The van der Waals surface area contributed by atoms with Crippen LogP contribution in [0.4, 0.5) is 0 Å². The van der Waals surface area contributed by atoms with Crippen LogP contribution in [0.25, 0.3) is 0 Å². The molecule has 96 valence electrons. The van der Waals surface area contributed by atoms with Crippen molar-refractivity contribution in [3.05, 3.63) is 17.5 Å². The molecule has 1 fully saturated rings. The Kier molecular flexibility index (Phi) is 3.57. The molecule has 1 aliphatic carbocycles. The van der Waals surface area contributed by atoms with Crippen LogP contribution in [0.15, 0.2) is 6.07 Å². The number of aryl methyl sites for hydroxylation is 1. The van der Waals surface area contributed by atoms with Crippen molar-refractivity contribution < 1.29 is 0 Å². The standard InChI is InChI=1S/C14H25N3/c1-10(8-12-9-11(2)16-17-12)15-13-6-5-7-14(13,3)4/h9-10,13,15H,5-8H2,1-4H3,(H,16,17). The summed E-state index contributed by atoms with van der Waals surface area (Å²) in [5.74, 6) is 0. The molecule has 1 aromatic rings. The molecule has 1 aromatic heterocycles. The quantitative estimate of drug-likeness (QED) is 0.842. The monoisotopic (exact) mass is 235 g/mol. The highest BCUT2D eigenvalue weighted by molar-refractivity contribution is 5.08. The van der Waals surface area contributed by atoms with Crippen molar-refractivity contribution in [2.75, 3.05) is 0 Å². The van der Waals surface area contributed by atoms with Gasteiger partial charge in [0.15, 0.2) is 0 Å². The highest BCUT2D eigenvalue weighted by Crippen LogP contribution is 2.37. The second kappa shape index (κ2) is 4.81. The van der Waals surface area contributed by atoms with E-state index in [0.717, 1.165) is 12.1 Å². The molecule has 2 N–H and O–H groups in total. The first kappa shape index (κ1) is 12.6. The Morgan fingerprint density at radius 1 is 1.59 bits per heavy atom. The molecule has 2 unspecified atom stereocenters. The van der Waals surface area contributed by atoms with Crippen LogP contribution in [0.2, 0.25) is 0 Å². The fraction of sp³-hybridized carbons (Fsp3) is 0.786. The number of rotatable bonds is 4. The van der Waals surface area contributed by atoms with Crippen molar-refractivity contribution in [1.29, 1.82) is 0 Å². The maximum Gasteiger partial charge on any atom is 0.0640 e. The normalized spacial score (nSPS) is 25.1. The molecule has 0 spiro atoms. The predicted octanol–water partition coefficient (Wildman–Crippen LogP) is 2.82. The van der Waals surface area contributed by atoms with E-state index in [-0.39, 0.29) is 0 Å². The first-order valence-corrected chi connectivity index (χ1v) is 6.74. The van der Waals surface area contributed by atoms with Crippen molar-refractivity contribution >= 4 is 0 Å². The van der Waals surface area contributed by atoms with Crippen LogP contribution in [0.1, 0.15) is 51.4 Å². The highest BCUT2D eigenvalue weighted by atomic mass is 15.1. The van der Waals surface area contributed by atoms with Crippen molar-refractivity contribution in [3.8, 4) is 0 Å². The highest BCUT2D eigenvalue weighted by Gasteiger charge is 2.34. The third-order valence-corrected chi connectivity index (χ3v) is 4.02. The molecule has 0 aliphatic heterocycles. The minimum absolute atomic E-state index is 0.454. The molecule has 0 bridgehead atoms. The van der Waals surface area contributed by atoms with Gasteiger partial charge in [-0.1, -0.05) is 20.3 Å². The molecule has 0 radical (unpaired) electrons. The van der Waals surface area contributed by atoms with Gasteiger partial charge in [0.2, 0.25) is 0 Å². The maximum absolute atomic E-state index is 4.30. The Morgan fingerprint density at radius 3 is 2.88 bits per heavy atom. The number of hydrogen-bond donors (Lipinski definition) is 2. The third-order valence-electron chi connectivity index (χ3n) is 4.02. The van der Waals surface area contributed by atoms with Gasteiger partial charge in [0.1, 0.15) is 0 Å². The van der Waals surface area contributed by atoms with E-state index >= 15 is 0 Å². The summed E-state index contributed by atoms with van der Waals surface area (Å²) >= 11 is 0. The molecular formula is C14H25N3. The van der Waals surface area contributed by atoms with Crippen LogP contribution >= 0.6 is 0 Å². The van der Waals surface area contributed by atoms with E-state index < -0.39 is 0 Å². The van der Waals surface area contributed by atoms with Gasteiger partial charge in [-0.25, -0.2) is 0 Å². The van der Waals surface area contributed by atoms with Gasteiger partial charge in [-0.15, -0.1) is 0 Å². The molecule has 1 saturated carbocycles. The lowest BCUT2D eigenvalue weighted by Crippen LogP contribution is -2.43. The molecule has 17 heavy (non-hydrogen) atoms. The van der Waals surface area contributed by atoms with Crippen LogP contribution in [0.3, 0.4) is 0 Å². The smallest absolute Gasteiger partial charge is 0.0640 e. The molecule has 3 nitrogen and oxygen atoms in total. The number of aromatic amines is 1. The summed E-state index contributed by atoms with van der Waals surface area (Å²) in [5.41, 5.74) is 2.77. The van der Waals surface area contributed by atoms with E-state index in [1.165, 1.54) is 25.0 Å². The van der Waals surface area contributed by atoms with E-state index in [1.54, 1.807) is 0 Å². The molecule has 0 saturated heterocycles. The van der Waals surface area contributed by atoms with Crippen LogP contribution in [-0.2, 0) is 6.42 Å². The Hall–Kier alpha value is -0.830. The van der Waals surface area contributed by atoms with E-state index in [2.05, 4.69) is 49.3 Å². The summed E-state index contributed by atoms with van der Waals surface area (Å²) in [4.78, 5) is 0. The van der Waals surface area contributed by atoms with Gasteiger partial charge in [0.05, 0.1) is 5.69 Å². The largest absolute Gasteiger partial charge is 0.311 e. The van der Waals surface area contributed by atoms with Gasteiger partial charge in [0, 0.05) is 24.2 Å². The average molecular weight is 235 g/mol. The first-order valence-electron chi connectivity index (χ1n) is 6.74. The lowest BCUT2D eigenvalue weighted by Gasteiger charge is -2.30. The van der Waals surface area contributed by atoms with Crippen LogP contribution in [0.5, 0.6) is 0 Å². The summed E-state index contributed by atoms with van der Waals surface area (Å²) in [7, 11) is 0. The lowest BCUT2D eigenvalue weighted by atomic mass is 9.87. The van der Waals surface area contributed by atoms with Crippen LogP contribution in [-0.4, -0.2) is 22.3 Å². The average Bonchev–Trinajstić information content (AvgIpc) is 2.74. The van der Waals surface area contributed by atoms with E-state index in [4.69, 9.17) is 0 Å². The summed E-state index contributed by atoms with van der Waals surface area (Å²) in [6.07, 6.45) is 5.03. The number of nitrogens with one attached hydrogen (secondary N) is 2. The zero-order valence-corrected chi connectivity index (χ0v) is 11.5. The number of nitrogens with zero attached hydrogens (tertiary/aromatic N) is 1. The fourth-order valence-electron chi connectivity index (χ4n) is 2.93. The second-order valence-electron chi connectivity index (χ2n) is 6.25. The van der Waals surface area contributed by atoms with Gasteiger partial charge < -0.3 is 5.32 Å². The van der Waals surface area contributed by atoms with Crippen LogP contribution in [0, 0.1) is 12.3 Å². The van der Waals surface area contributed by atoms with Gasteiger partial charge >= 0.3 is 0 Å². The van der Waals surface area contributed by atoms with Crippen molar-refractivity contribution in [1.82, 2.24) is 15.5 Å². The first-order chi connectivity index (χ1) is 7.97. The third kappa shape index (κ3) is 3.09. The van der Waals surface area contributed by atoms with E-state index in [0.29, 0.717) is 17.5 Å². The topological polar surface area (TPSA) is 40.7 Å². The molecule has 3 heteroatoms. The minimum atomic E-state index is 0.454. The Bertz CT molecular complexity index is 367. The molecular weight excluding hydrogens is 210 g/mol.